The van der Waals surface area contributed by atoms with Crippen LogP contribution in [0.4, 0.5) is 5.69 Å². The van der Waals surface area contributed by atoms with Crippen LogP contribution in [-0.2, 0) is 0 Å². The molecule has 0 aromatic heterocycles. The van der Waals surface area contributed by atoms with Crippen LogP contribution in [0.5, 0.6) is 0 Å². The van der Waals surface area contributed by atoms with Gasteiger partial charge in [0.1, 0.15) is 0 Å². The van der Waals surface area contributed by atoms with Gasteiger partial charge in [-0.3, -0.25) is 0 Å². The monoisotopic (exact) mass is 275 g/mol. The van der Waals surface area contributed by atoms with E-state index in [2.05, 4.69) is 64.1 Å². The van der Waals surface area contributed by atoms with Crippen LogP contribution >= 0.6 is 22.9 Å². The summed E-state index contributed by atoms with van der Waals surface area (Å²) in [6.07, 6.45) is 0. The third-order valence-corrected chi connectivity index (χ3v) is 2.51. The zero-order valence-corrected chi connectivity index (χ0v) is 9.65. The molecular formula is C10H14IN. The van der Waals surface area contributed by atoms with Crippen molar-refractivity contribution in [2.45, 2.75) is 13.8 Å². The highest BCUT2D eigenvalue weighted by Gasteiger charge is 2.02. The molecule has 1 rings (SSSR count). The molecule has 2 heteroatoms. The van der Waals surface area contributed by atoms with Crippen molar-refractivity contribution in [3.8, 4) is 0 Å². The first-order valence-electron chi connectivity index (χ1n) is 4.18. The average Bonchev–Trinajstić information content (AvgIpc) is 2.05. The molecule has 0 atom stereocenters. The van der Waals surface area contributed by atoms with Crippen LogP contribution in [-0.4, -0.2) is 6.54 Å². The molecule has 1 aromatic carbocycles. The lowest BCUT2D eigenvalue weighted by Gasteiger charge is -2.18. The third kappa shape index (κ3) is 3.01. The van der Waals surface area contributed by atoms with Gasteiger partial charge < -0.3 is 3.11 Å². The number of rotatable bonds is 3. The summed E-state index contributed by atoms with van der Waals surface area (Å²) >= 11 is 2.36. The van der Waals surface area contributed by atoms with Crippen molar-refractivity contribution in [3.05, 3.63) is 30.3 Å². The summed E-state index contributed by atoms with van der Waals surface area (Å²) in [7, 11) is 0. The molecule has 0 N–H and O–H groups in total. The van der Waals surface area contributed by atoms with Gasteiger partial charge in [-0.15, -0.1) is 0 Å². The van der Waals surface area contributed by atoms with Crippen LogP contribution in [0.1, 0.15) is 13.8 Å². The van der Waals surface area contributed by atoms with Gasteiger partial charge in [0.05, 0.1) is 22.9 Å². The Morgan fingerprint density at radius 3 is 2.33 bits per heavy atom. The fraction of sp³-hybridized carbons (Fsp3) is 0.400. The summed E-state index contributed by atoms with van der Waals surface area (Å²) in [6.45, 7) is 5.56. The first-order chi connectivity index (χ1) is 5.70. The number of para-hydroxylation sites is 1. The van der Waals surface area contributed by atoms with E-state index >= 15 is 0 Å². The minimum Gasteiger partial charge on any atom is -0.315 e. The first kappa shape index (κ1) is 9.84. The minimum atomic E-state index is 0.710. The SMILES string of the molecule is CC(C)CN(I)c1ccccc1. The van der Waals surface area contributed by atoms with Gasteiger partial charge in [-0.1, -0.05) is 32.0 Å². The summed E-state index contributed by atoms with van der Waals surface area (Å²) in [5.74, 6) is 0.710. The van der Waals surface area contributed by atoms with Crippen molar-refractivity contribution in [1.29, 1.82) is 0 Å². The Labute approximate surface area is 88.3 Å². The largest absolute Gasteiger partial charge is 0.315 e. The molecule has 0 amide bonds. The Kier molecular flexibility index (Phi) is 3.85. The van der Waals surface area contributed by atoms with Crippen molar-refractivity contribution in [3.63, 3.8) is 0 Å². The van der Waals surface area contributed by atoms with Crippen molar-refractivity contribution in [1.82, 2.24) is 0 Å². The predicted molar refractivity (Wildman–Crippen MR) is 62.6 cm³/mol. The Bertz CT molecular complexity index is 221. The van der Waals surface area contributed by atoms with Crippen LogP contribution in [0.15, 0.2) is 30.3 Å². The maximum absolute atomic E-state index is 2.36. The lowest BCUT2D eigenvalue weighted by atomic mass is 10.2. The molecule has 0 aliphatic heterocycles. The molecule has 1 aromatic rings. The maximum Gasteiger partial charge on any atom is 0.0591 e. The topological polar surface area (TPSA) is 3.24 Å². The molecule has 1 nitrogen and oxygen atoms in total. The van der Waals surface area contributed by atoms with Gasteiger partial charge >= 0.3 is 0 Å². The maximum atomic E-state index is 2.36. The van der Waals surface area contributed by atoms with Crippen LogP contribution in [0.2, 0.25) is 0 Å². The van der Waals surface area contributed by atoms with Crippen LogP contribution in [0.3, 0.4) is 0 Å². The van der Waals surface area contributed by atoms with Crippen LogP contribution in [0, 0.1) is 5.92 Å². The van der Waals surface area contributed by atoms with Crippen LogP contribution < -0.4 is 3.11 Å². The fourth-order valence-corrected chi connectivity index (χ4v) is 2.13. The van der Waals surface area contributed by atoms with Gasteiger partial charge in [-0.05, 0) is 18.1 Å². The van der Waals surface area contributed by atoms with Gasteiger partial charge in [0.25, 0.3) is 0 Å². The smallest absolute Gasteiger partial charge is 0.0591 e. The molecular weight excluding hydrogens is 261 g/mol. The van der Waals surface area contributed by atoms with Gasteiger partial charge in [-0.2, -0.15) is 0 Å². The summed E-state index contributed by atoms with van der Waals surface area (Å²) < 4.78 is 2.25. The molecule has 0 saturated carbocycles. The second-order valence-electron chi connectivity index (χ2n) is 3.27. The zero-order chi connectivity index (χ0) is 8.97. The highest BCUT2D eigenvalue weighted by atomic mass is 127. The lowest BCUT2D eigenvalue weighted by Crippen LogP contribution is -2.15. The molecule has 0 radical (unpaired) electrons. The lowest BCUT2D eigenvalue weighted by molar-refractivity contribution is 0.674. The Morgan fingerprint density at radius 1 is 1.25 bits per heavy atom. The third-order valence-electron chi connectivity index (χ3n) is 1.56. The van der Waals surface area contributed by atoms with Crippen LogP contribution in [0.25, 0.3) is 0 Å². The van der Waals surface area contributed by atoms with E-state index in [0.717, 1.165) is 6.54 Å². The highest BCUT2D eigenvalue weighted by Crippen LogP contribution is 2.18. The molecule has 0 bridgehead atoms. The van der Waals surface area contributed by atoms with Gasteiger partial charge in [0.2, 0.25) is 0 Å². The summed E-state index contributed by atoms with van der Waals surface area (Å²) in [5, 5.41) is 0. The fourth-order valence-electron chi connectivity index (χ4n) is 1.02. The summed E-state index contributed by atoms with van der Waals surface area (Å²) in [5.41, 5.74) is 1.28. The second kappa shape index (κ2) is 4.70. The highest BCUT2D eigenvalue weighted by molar-refractivity contribution is 14.1. The Balaban J connectivity index is 2.59. The molecule has 0 spiro atoms. The minimum absolute atomic E-state index is 0.710. The van der Waals surface area contributed by atoms with E-state index in [9.17, 15) is 0 Å². The van der Waals surface area contributed by atoms with E-state index in [4.69, 9.17) is 0 Å². The molecule has 0 fully saturated rings. The van der Waals surface area contributed by atoms with E-state index in [1.54, 1.807) is 0 Å². The number of nitrogens with zero attached hydrogens (tertiary/aromatic N) is 1. The normalized spacial score (nSPS) is 10.3. The molecule has 0 aliphatic rings. The van der Waals surface area contributed by atoms with Crippen molar-refractivity contribution < 1.29 is 0 Å². The number of halogens is 1. The molecule has 0 unspecified atom stereocenters. The first-order valence-corrected chi connectivity index (χ1v) is 5.15. The van der Waals surface area contributed by atoms with E-state index < -0.39 is 0 Å². The quantitative estimate of drug-likeness (QED) is 0.603. The van der Waals surface area contributed by atoms with Gasteiger partial charge in [0, 0.05) is 12.2 Å². The second-order valence-corrected chi connectivity index (χ2v) is 4.44. The Morgan fingerprint density at radius 2 is 1.83 bits per heavy atom. The van der Waals surface area contributed by atoms with E-state index in [1.165, 1.54) is 5.69 Å². The predicted octanol–water partition coefficient (Wildman–Crippen LogP) is 3.50. The van der Waals surface area contributed by atoms with Gasteiger partial charge in [-0.25, -0.2) is 0 Å². The molecule has 0 saturated heterocycles. The van der Waals surface area contributed by atoms with Crippen molar-refractivity contribution in [2.75, 3.05) is 9.66 Å². The Hall–Kier alpha value is -0.250. The molecule has 0 heterocycles. The van der Waals surface area contributed by atoms with E-state index in [1.807, 2.05) is 6.07 Å². The van der Waals surface area contributed by atoms with E-state index in [0.29, 0.717) is 5.92 Å². The summed E-state index contributed by atoms with van der Waals surface area (Å²) in [4.78, 5) is 0. The molecule has 66 valence electrons. The average molecular weight is 275 g/mol. The number of benzene rings is 1. The number of hydrogen-bond acceptors (Lipinski definition) is 1. The molecule has 0 aliphatic carbocycles. The zero-order valence-electron chi connectivity index (χ0n) is 7.50. The summed E-state index contributed by atoms with van der Waals surface area (Å²) in [6, 6.07) is 10.5. The number of hydrogen-bond donors (Lipinski definition) is 0. The molecule has 12 heavy (non-hydrogen) atoms. The van der Waals surface area contributed by atoms with Gasteiger partial charge in [0.15, 0.2) is 0 Å². The standard InChI is InChI=1S/C10H14IN/c1-9(2)8-12(11)10-6-4-3-5-7-10/h3-7,9H,8H2,1-2H3. The van der Waals surface area contributed by atoms with Crippen molar-refractivity contribution in [2.24, 2.45) is 5.92 Å². The number of anilines is 1. The van der Waals surface area contributed by atoms with Crippen molar-refractivity contribution >= 4 is 28.6 Å². The van der Waals surface area contributed by atoms with E-state index in [-0.39, 0.29) is 0 Å².